The Kier molecular flexibility index (Phi) is 6.60. The minimum atomic E-state index is -0.456. The van der Waals surface area contributed by atoms with Crippen molar-refractivity contribution in [2.75, 3.05) is 13.7 Å². The van der Waals surface area contributed by atoms with E-state index in [4.69, 9.17) is 4.74 Å². The Hall–Kier alpha value is -3.53. The number of carbonyl (C=O) groups is 1. The summed E-state index contributed by atoms with van der Waals surface area (Å²) in [7, 11) is 1.31. The highest BCUT2D eigenvalue weighted by Gasteiger charge is 2.12. The van der Waals surface area contributed by atoms with Gasteiger partial charge in [0.1, 0.15) is 5.75 Å². The summed E-state index contributed by atoms with van der Waals surface area (Å²) in [6.45, 7) is -0.168. The zero-order valence-electron chi connectivity index (χ0n) is 17.1. The summed E-state index contributed by atoms with van der Waals surface area (Å²) in [6.07, 6.45) is 1.59. The molecule has 0 spiro atoms. The maximum absolute atomic E-state index is 13.2. The van der Waals surface area contributed by atoms with E-state index in [1.807, 2.05) is 48.5 Å². The number of methoxy groups -OCH3 is 1. The third-order valence-corrected chi connectivity index (χ3v) is 5.48. The van der Waals surface area contributed by atoms with Gasteiger partial charge in [-0.05, 0) is 58.5 Å². The first-order valence-corrected chi connectivity index (χ1v) is 10.8. The number of hydrogen-bond donors (Lipinski definition) is 0. The summed E-state index contributed by atoms with van der Waals surface area (Å²) in [4.78, 5) is 29.2. The van der Waals surface area contributed by atoms with Crippen LogP contribution in [0.5, 0.6) is 5.75 Å². The monoisotopic (exact) mass is 539 g/mol. The third-order valence-electron chi connectivity index (χ3n) is 4.64. The number of ether oxygens (including phenoxy) is 2. The van der Waals surface area contributed by atoms with Gasteiger partial charge in [0.2, 0.25) is 0 Å². The van der Waals surface area contributed by atoms with Crippen molar-refractivity contribution in [1.82, 2.24) is 9.66 Å². The van der Waals surface area contributed by atoms with Gasteiger partial charge in [0.15, 0.2) is 12.4 Å². The summed E-state index contributed by atoms with van der Waals surface area (Å²) in [5.41, 5.74) is 1.91. The van der Waals surface area contributed by atoms with Gasteiger partial charge in [-0.3, -0.25) is 4.79 Å². The molecule has 0 aliphatic heterocycles. The van der Waals surface area contributed by atoms with Crippen LogP contribution in [0.4, 0.5) is 0 Å². The minimum absolute atomic E-state index is 0.168. The van der Waals surface area contributed by atoms with E-state index >= 15 is 0 Å². The Morgan fingerprint density at radius 3 is 2.59 bits per heavy atom. The number of esters is 1. The largest absolute Gasteiger partial charge is 0.481 e. The maximum atomic E-state index is 13.2. The van der Waals surface area contributed by atoms with E-state index < -0.39 is 5.97 Å². The smallest absolute Gasteiger partial charge is 0.343 e. The van der Waals surface area contributed by atoms with Crippen LogP contribution in [0.2, 0.25) is 0 Å². The lowest BCUT2D eigenvalue weighted by molar-refractivity contribution is -0.142. The van der Waals surface area contributed by atoms with Crippen molar-refractivity contribution < 1.29 is 14.3 Å². The van der Waals surface area contributed by atoms with Gasteiger partial charge in [0.05, 0.1) is 27.8 Å². The fraction of sp³-hybridized carbons (Fsp3) is 0.0833. The maximum Gasteiger partial charge on any atom is 0.343 e. The summed E-state index contributed by atoms with van der Waals surface area (Å²) >= 11 is 2.11. The lowest BCUT2D eigenvalue weighted by Gasteiger charge is -2.10. The van der Waals surface area contributed by atoms with Crippen molar-refractivity contribution in [3.63, 3.8) is 0 Å². The molecule has 1 aromatic heterocycles. The Morgan fingerprint density at radius 1 is 1.09 bits per heavy atom. The van der Waals surface area contributed by atoms with Crippen LogP contribution >= 0.6 is 22.6 Å². The van der Waals surface area contributed by atoms with Crippen molar-refractivity contribution >= 4 is 45.7 Å². The molecule has 4 aromatic rings. The highest BCUT2D eigenvalue weighted by Crippen LogP contribution is 2.22. The van der Waals surface area contributed by atoms with Gasteiger partial charge in [-0.2, -0.15) is 9.78 Å². The molecule has 160 valence electrons. The summed E-state index contributed by atoms with van der Waals surface area (Å²) in [5, 5.41) is 4.95. The molecule has 0 amide bonds. The van der Waals surface area contributed by atoms with Crippen molar-refractivity contribution in [2.45, 2.75) is 0 Å². The van der Waals surface area contributed by atoms with Gasteiger partial charge in [0, 0.05) is 5.56 Å². The van der Waals surface area contributed by atoms with Gasteiger partial charge in [-0.1, -0.05) is 42.5 Å². The van der Waals surface area contributed by atoms with Crippen LogP contribution in [0, 0.1) is 3.57 Å². The van der Waals surface area contributed by atoms with E-state index in [9.17, 15) is 9.59 Å². The molecule has 0 saturated carbocycles. The second-order valence-corrected chi connectivity index (χ2v) is 7.90. The molecule has 8 heteroatoms. The van der Waals surface area contributed by atoms with E-state index in [2.05, 4.69) is 37.4 Å². The predicted octanol–water partition coefficient (Wildman–Crippen LogP) is 4.10. The zero-order valence-corrected chi connectivity index (χ0v) is 19.2. The van der Waals surface area contributed by atoms with E-state index in [0.717, 1.165) is 14.7 Å². The van der Waals surface area contributed by atoms with Crippen LogP contribution in [0.25, 0.3) is 22.3 Å². The first-order chi connectivity index (χ1) is 15.6. The average Bonchev–Trinajstić information content (AvgIpc) is 2.83. The molecule has 0 aliphatic carbocycles. The molecule has 0 fully saturated rings. The highest BCUT2D eigenvalue weighted by molar-refractivity contribution is 14.1. The molecule has 0 aliphatic rings. The van der Waals surface area contributed by atoms with Crippen LogP contribution in [-0.4, -0.2) is 35.6 Å². The first kappa shape index (κ1) is 21.7. The molecule has 0 saturated heterocycles. The highest BCUT2D eigenvalue weighted by atomic mass is 127. The first-order valence-electron chi connectivity index (χ1n) is 9.67. The van der Waals surface area contributed by atoms with Crippen molar-refractivity contribution in [1.29, 1.82) is 0 Å². The third kappa shape index (κ3) is 4.70. The van der Waals surface area contributed by atoms with E-state index in [-0.39, 0.29) is 12.2 Å². The van der Waals surface area contributed by atoms with Gasteiger partial charge < -0.3 is 9.47 Å². The molecule has 1 heterocycles. The van der Waals surface area contributed by atoms with Gasteiger partial charge in [-0.15, -0.1) is 0 Å². The molecule has 32 heavy (non-hydrogen) atoms. The molecule has 7 nitrogen and oxygen atoms in total. The normalized spacial score (nSPS) is 11.1. The molecular weight excluding hydrogens is 521 g/mol. The lowest BCUT2D eigenvalue weighted by atomic mass is 10.2. The van der Waals surface area contributed by atoms with Crippen LogP contribution in [0.1, 0.15) is 5.56 Å². The lowest BCUT2D eigenvalue weighted by Crippen LogP contribution is -2.20. The molecule has 0 atom stereocenters. The van der Waals surface area contributed by atoms with Crippen LogP contribution in [0.3, 0.4) is 0 Å². The Morgan fingerprint density at radius 2 is 1.84 bits per heavy atom. The molecule has 0 bridgehead atoms. The minimum Gasteiger partial charge on any atom is -0.481 e. The number of aromatic nitrogens is 2. The quantitative estimate of drug-likeness (QED) is 0.209. The second kappa shape index (κ2) is 9.73. The molecular formula is C24H18IN3O4. The number of nitrogens with zero attached hydrogens (tertiary/aromatic N) is 3. The van der Waals surface area contributed by atoms with Gasteiger partial charge in [-0.25, -0.2) is 9.78 Å². The molecule has 4 rings (SSSR count). The standard InChI is InChI=1S/C24H18IN3O4/c1-31-22(29)15-32-21-12-11-16(13-19(21)25)14-26-28-23(17-7-3-2-4-8-17)27-20-10-6-5-9-18(20)24(28)30/h2-14H,15H2,1H3. The number of halogens is 1. The molecule has 3 aromatic carbocycles. The average molecular weight is 539 g/mol. The molecule has 0 radical (unpaired) electrons. The Balaban J connectivity index is 1.72. The fourth-order valence-corrected chi connectivity index (χ4v) is 3.73. The van der Waals surface area contributed by atoms with Crippen molar-refractivity contribution in [3.8, 4) is 17.1 Å². The number of fused-ring (bicyclic) bond motifs is 1. The summed E-state index contributed by atoms with van der Waals surface area (Å²) in [5.74, 6) is 0.559. The molecule has 0 unspecified atom stereocenters. The fourth-order valence-electron chi connectivity index (χ4n) is 3.04. The van der Waals surface area contributed by atoms with Crippen LogP contribution in [0.15, 0.2) is 82.7 Å². The number of rotatable bonds is 6. The van der Waals surface area contributed by atoms with E-state index in [0.29, 0.717) is 22.5 Å². The SMILES string of the molecule is COC(=O)COc1ccc(C=Nn2c(-c3ccccc3)nc3ccccc3c2=O)cc1I. The van der Waals surface area contributed by atoms with Crippen LogP contribution in [-0.2, 0) is 9.53 Å². The summed E-state index contributed by atoms with van der Waals surface area (Å²) in [6, 6.07) is 22.0. The van der Waals surface area contributed by atoms with E-state index in [1.165, 1.54) is 11.8 Å². The number of para-hydroxylation sites is 1. The van der Waals surface area contributed by atoms with Gasteiger partial charge in [0.25, 0.3) is 5.56 Å². The molecule has 0 N–H and O–H groups in total. The Labute approximate surface area is 197 Å². The topological polar surface area (TPSA) is 82.8 Å². The zero-order chi connectivity index (χ0) is 22.5. The van der Waals surface area contributed by atoms with Crippen molar-refractivity contribution in [2.24, 2.45) is 5.10 Å². The van der Waals surface area contributed by atoms with Crippen molar-refractivity contribution in [3.05, 3.63) is 92.3 Å². The van der Waals surface area contributed by atoms with Crippen LogP contribution < -0.4 is 10.3 Å². The number of hydrogen-bond acceptors (Lipinski definition) is 6. The predicted molar refractivity (Wildman–Crippen MR) is 131 cm³/mol. The second-order valence-electron chi connectivity index (χ2n) is 6.73. The summed E-state index contributed by atoms with van der Waals surface area (Å²) < 4.78 is 12.2. The van der Waals surface area contributed by atoms with Gasteiger partial charge >= 0.3 is 5.97 Å². The Bertz CT molecular complexity index is 1370. The number of benzene rings is 3. The van der Waals surface area contributed by atoms with E-state index in [1.54, 1.807) is 30.5 Å². The number of carbonyl (C=O) groups excluding carboxylic acids is 1.